The number of rotatable bonds is 8. The second kappa shape index (κ2) is 8.48. The molecule has 1 N–H and O–H groups in total. The van der Waals surface area contributed by atoms with Crippen LogP contribution in [0.2, 0.25) is 0 Å². The van der Waals surface area contributed by atoms with Gasteiger partial charge in [-0.1, -0.05) is 43.8 Å². The van der Waals surface area contributed by atoms with E-state index >= 15 is 0 Å². The lowest BCUT2D eigenvalue weighted by Gasteiger charge is -2.17. The standard InChI is InChI=1S/C16H23NO2/c1-4-15(10-11-19-16(18)13(2)3)17-12-14-8-6-5-7-9-14/h5-9,15,17H,2,4,10-12H2,1,3H3. The highest BCUT2D eigenvalue weighted by atomic mass is 16.5. The molecule has 1 atom stereocenters. The molecule has 0 aromatic heterocycles. The molecule has 0 radical (unpaired) electrons. The maximum Gasteiger partial charge on any atom is 0.333 e. The molecule has 0 saturated carbocycles. The van der Waals surface area contributed by atoms with E-state index in [1.165, 1.54) is 5.56 Å². The van der Waals surface area contributed by atoms with E-state index in [-0.39, 0.29) is 5.97 Å². The molecule has 0 bridgehead atoms. The van der Waals surface area contributed by atoms with Crippen LogP contribution in [0.1, 0.15) is 32.3 Å². The molecule has 3 nitrogen and oxygen atoms in total. The van der Waals surface area contributed by atoms with Crippen molar-refractivity contribution >= 4 is 5.97 Å². The number of hydrogen-bond donors (Lipinski definition) is 1. The number of esters is 1. The monoisotopic (exact) mass is 261 g/mol. The average Bonchev–Trinajstić information content (AvgIpc) is 2.43. The van der Waals surface area contributed by atoms with Crippen molar-refractivity contribution in [2.24, 2.45) is 0 Å². The fourth-order valence-corrected chi connectivity index (χ4v) is 1.73. The maximum absolute atomic E-state index is 11.2. The van der Waals surface area contributed by atoms with Gasteiger partial charge in [-0.2, -0.15) is 0 Å². The Morgan fingerprint density at radius 2 is 2.05 bits per heavy atom. The lowest BCUT2D eigenvalue weighted by Crippen LogP contribution is -2.29. The predicted octanol–water partition coefficient (Wildman–Crippen LogP) is 3.06. The largest absolute Gasteiger partial charge is 0.462 e. The van der Waals surface area contributed by atoms with Crippen LogP contribution in [0.3, 0.4) is 0 Å². The molecule has 0 saturated heterocycles. The summed E-state index contributed by atoms with van der Waals surface area (Å²) < 4.78 is 5.11. The van der Waals surface area contributed by atoms with Crippen LogP contribution in [-0.2, 0) is 16.1 Å². The van der Waals surface area contributed by atoms with Gasteiger partial charge in [-0.05, 0) is 25.3 Å². The lowest BCUT2D eigenvalue weighted by atomic mass is 10.1. The van der Waals surface area contributed by atoms with Crippen molar-refractivity contribution in [3.05, 3.63) is 48.0 Å². The molecule has 0 amide bonds. The third-order valence-electron chi connectivity index (χ3n) is 2.98. The van der Waals surface area contributed by atoms with Crippen LogP contribution in [-0.4, -0.2) is 18.6 Å². The molecule has 0 aliphatic rings. The minimum absolute atomic E-state index is 0.307. The first-order valence-electron chi connectivity index (χ1n) is 6.73. The molecule has 1 rings (SSSR count). The second-order valence-corrected chi connectivity index (χ2v) is 4.68. The van der Waals surface area contributed by atoms with Crippen LogP contribution in [0.5, 0.6) is 0 Å². The van der Waals surface area contributed by atoms with Crippen molar-refractivity contribution in [3.63, 3.8) is 0 Å². The zero-order chi connectivity index (χ0) is 14.1. The van der Waals surface area contributed by atoms with Crippen molar-refractivity contribution in [1.29, 1.82) is 0 Å². The Kier molecular flexibility index (Phi) is 6.90. The quantitative estimate of drug-likeness (QED) is 0.577. The third-order valence-corrected chi connectivity index (χ3v) is 2.98. The Hall–Kier alpha value is -1.61. The Labute approximate surface area is 115 Å². The van der Waals surface area contributed by atoms with Crippen molar-refractivity contribution in [3.8, 4) is 0 Å². The summed E-state index contributed by atoms with van der Waals surface area (Å²) in [5, 5.41) is 3.47. The fraction of sp³-hybridized carbons (Fsp3) is 0.438. The van der Waals surface area contributed by atoms with Gasteiger partial charge in [-0.3, -0.25) is 0 Å². The van der Waals surface area contributed by atoms with E-state index in [0.717, 1.165) is 19.4 Å². The normalized spacial score (nSPS) is 11.9. The van der Waals surface area contributed by atoms with Gasteiger partial charge in [-0.25, -0.2) is 4.79 Å². The molecule has 0 spiro atoms. The topological polar surface area (TPSA) is 38.3 Å². The summed E-state index contributed by atoms with van der Waals surface area (Å²) in [6.07, 6.45) is 1.83. The molecular weight excluding hydrogens is 238 g/mol. The number of benzene rings is 1. The molecule has 1 aromatic rings. The molecule has 104 valence electrons. The third kappa shape index (κ3) is 6.20. The SMILES string of the molecule is C=C(C)C(=O)OCCC(CC)NCc1ccccc1. The number of nitrogens with one attached hydrogen (secondary N) is 1. The van der Waals surface area contributed by atoms with Crippen molar-refractivity contribution in [1.82, 2.24) is 5.32 Å². The van der Waals surface area contributed by atoms with Crippen LogP contribution in [0.25, 0.3) is 0 Å². The molecule has 0 aliphatic carbocycles. The van der Waals surface area contributed by atoms with Gasteiger partial charge in [0.15, 0.2) is 0 Å². The van der Waals surface area contributed by atoms with Gasteiger partial charge in [0.25, 0.3) is 0 Å². The highest BCUT2D eigenvalue weighted by Crippen LogP contribution is 2.03. The van der Waals surface area contributed by atoms with Gasteiger partial charge in [0, 0.05) is 18.2 Å². The van der Waals surface area contributed by atoms with Gasteiger partial charge in [0.2, 0.25) is 0 Å². The Morgan fingerprint density at radius 3 is 2.63 bits per heavy atom. The minimum Gasteiger partial charge on any atom is -0.462 e. The lowest BCUT2D eigenvalue weighted by molar-refractivity contribution is -0.139. The van der Waals surface area contributed by atoms with Crippen LogP contribution in [0.15, 0.2) is 42.5 Å². The summed E-state index contributed by atoms with van der Waals surface area (Å²) in [5.41, 5.74) is 1.71. The van der Waals surface area contributed by atoms with Crippen LogP contribution in [0, 0.1) is 0 Å². The average molecular weight is 261 g/mol. The predicted molar refractivity (Wildman–Crippen MR) is 77.8 cm³/mol. The van der Waals surface area contributed by atoms with Crippen LogP contribution < -0.4 is 5.32 Å². The summed E-state index contributed by atoms with van der Waals surface area (Å²) in [4.78, 5) is 11.2. The van der Waals surface area contributed by atoms with Gasteiger partial charge >= 0.3 is 5.97 Å². The van der Waals surface area contributed by atoms with Crippen molar-refractivity contribution < 1.29 is 9.53 Å². The summed E-state index contributed by atoms with van der Waals surface area (Å²) >= 11 is 0. The molecule has 0 aliphatic heterocycles. The van der Waals surface area contributed by atoms with Crippen LogP contribution in [0.4, 0.5) is 0 Å². The van der Waals surface area contributed by atoms with Crippen LogP contribution >= 0.6 is 0 Å². The summed E-state index contributed by atoms with van der Waals surface area (Å²) in [6, 6.07) is 10.6. The molecule has 1 aromatic carbocycles. The van der Waals surface area contributed by atoms with Gasteiger partial charge < -0.3 is 10.1 Å². The van der Waals surface area contributed by atoms with E-state index in [4.69, 9.17) is 4.74 Å². The highest BCUT2D eigenvalue weighted by Gasteiger charge is 2.08. The Balaban J connectivity index is 2.26. The smallest absolute Gasteiger partial charge is 0.333 e. The van der Waals surface area contributed by atoms with E-state index in [2.05, 4.69) is 31.0 Å². The highest BCUT2D eigenvalue weighted by molar-refractivity contribution is 5.86. The Bertz CT molecular complexity index is 400. The van der Waals surface area contributed by atoms with E-state index in [9.17, 15) is 4.79 Å². The number of ether oxygens (including phenoxy) is 1. The summed E-state index contributed by atoms with van der Waals surface area (Å²) in [5.74, 6) is -0.307. The first-order valence-corrected chi connectivity index (χ1v) is 6.73. The Morgan fingerprint density at radius 1 is 1.37 bits per heavy atom. The molecule has 0 fully saturated rings. The van der Waals surface area contributed by atoms with Gasteiger partial charge in [0.05, 0.1) is 6.61 Å². The molecular formula is C16H23NO2. The zero-order valence-corrected chi connectivity index (χ0v) is 11.8. The molecule has 3 heteroatoms. The molecule has 1 unspecified atom stereocenters. The second-order valence-electron chi connectivity index (χ2n) is 4.68. The minimum atomic E-state index is -0.307. The zero-order valence-electron chi connectivity index (χ0n) is 11.8. The van der Waals surface area contributed by atoms with Gasteiger partial charge in [0.1, 0.15) is 0 Å². The van der Waals surface area contributed by atoms with E-state index in [1.54, 1.807) is 6.92 Å². The molecule has 0 heterocycles. The number of hydrogen-bond acceptors (Lipinski definition) is 3. The summed E-state index contributed by atoms with van der Waals surface area (Å²) in [7, 11) is 0. The number of carbonyl (C=O) groups is 1. The van der Waals surface area contributed by atoms with Gasteiger partial charge in [-0.15, -0.1) is 0 Å². The maximum atomic E-state index is 11.2. The van der Waals surface area contributed by atoms with E-state index in [1.807, 2.05) is 18.2 Å². The first kappa shape index (κ1) is 15.4. The van der Waals surface area contributed by atoms with E-state index in [0.29, 0.717) is 18.2 Å². The van der Waals surface area contributed by atoms with Crippen molar-refractivity contribution in [2.45, 2.75) is 39.3 Å². The molecule has 19 heavy (non-hydrogen) atoms. The van der Waals surface area contributed by atoms with E-state index < -0.39 is 0 Å². The first-order chi connectivity index (χ1) is 9.13. The number of carbonyl (C=O) groups excluding carboxylic acids is 1. The fourth-order valence-electron chi connectivity index (χ4n) is 1.73. The van der Waals surface area contributed by atoms with Crippen molar-refractivity contribution in [2.75, 3.05) is 6.61 Å². The summed E-state index contributed by atoms with van der Waals surface area (Å²) in [6.45, 7) is 8.62.